The average molecular weight is 466 g/mol. The fraction of sp³-hybridized carbons (Fsp3) is 0.400. The summed E-state index contributed by atoms with van der Waals surface area (Å²) in [7, 11) is 1.59. The van der Waals surface area contributed by atoms with Gasteiger partial charge in [-0.15, -0.1) is 0 Å². The van der Waals surface area contributed by atoms with Gasteiger partial charge in [0.15, 0.2) is 5.13 Å². The van der Waals surface area contributed by atoms with Crippen molar-refractivity contribution in [3.8, 4) is 5.75 Å². The van der Waals surface area contributed by atoms with Crippen LogP contribution in [0.2, 0.25) is 0 Å². The maximum absolute atomic E-state index is 13.8. The third-order valence-corrected chi connectivity index (χ3v) is 7.35. The Morgan fingerprint density at radius 2 is 2.15 bits per heavy atom. The van der Waals surface area contributed by atoms with Gasteiger partial charge in [-0.2, -0.15) is 0 Å². The van der Waals surface area contributed by atoms with Gasteiger partial charge in [-0.3, -0.25) is 14.5 Å². The molecule has 3 heterocycles. The van der Waals surface area contributed by atoms with Gasteiger partial charge in [0, 0.05) is 19.6 Å². The SMILES string of the molecule is COc1ccc(C)cc1N1C[C@@H](C(=O)N(C[C@@H]2CCCO2)c2nc3ccccc3s2)CC1=O. The average Bonchev–Trinajstić information content (AvgIpc) is 3.56. The minimum absolute atomic E-state index is 0.00830. The molecule has 8 heteroatoms. The third kappa shape index (κ3) is 4.32. The highest BCUT2D eigenvalue weighted by Gasteiger charge is 2.40. The molecule has 0 unspecified atom stereocenters. The fourth-order valence-electron chi connectivity index (χ4n) is 4.57. The van der Waals surface area contributed by atoms with Crippen LogP contribution < -0.4 is 14.5 Å². The summed E-state index contributed by atoms with van der Waals surface area (Å²) in [6.07, 6.45) is 2.08. The molecule has 2 amide bonds. The van der Waals surface area contributed by atoms with Crippen molar-refractivity contribution < 1.29 is 19.1 Å². The molecule has 2 atom stereocenters. The summed E-state index contributed by atoms with van der Waals surface area (Å²) in [5.74, 6) is 0.0335. The largest absolute Gasteiger partial charge is 0.495 e. The third-order valence-electron chi connectivity index (χ3n) is 6.29. The second-order valence-electron chi connectivity index (χ2n) is 8.63. The van der Waals surface area contributed by atoms with Crippen LogP contribution in [0.1, 0.15) is 24.8 Å². The van der Waals surface area contributed by atoms with E-state index < -0.39 is 5.92 Å². The first-order chi connectivity index (χ1) is 16.0. The van der Waals surface area contributed by atoms with Crippen LogP contribution in [0.15, 0.2) is 42.5 Å². The van der Waals surface area contributed by atoms with Gasteiger partial charge in [-0.25, -0.2) is 4.98 Å². The lowest BCUT2D eigenvalue weighted by Crippen LogP contribution is -2.42. The van der Waals surface area contributed by atoms with Gasteiger partial charge in [0.25, 0.3) is 0 Å². The van der Waals surface area contributed by atoms with Gasteiger partial charge in [0.2, 0.25) is 11.8 Å². The van der Waals surface area contributed by atoms with Crippen LogP contribution in [0.5, 0.6) is 5.75 Å². The lowest BCUT2D eigenvalue weighted by Gasteiger charge is -2.26. The topological polar surface area (TPSA) is 72.0 Å². The highest BCUT2D eigenvalue weighted by molar-refractivity contribution is 7.22. The van der Waals surface area contributed by atoms with Crippen LogP contribution in [0, 0.1) is 12.8 Å². The van der Waals surface area contributed by atoms with Crippen LogP contribution in [0.4, 0.5) is 10.8 Å². The first-order valence-corrected chi connectivity index (χ1v) is 12.1. The number of fused-ring (bicyclic) bond motifs is 1. The summed E-state index contributed by atoms with van der Waals surface area (Å²) in [6.45, 7) is 3.47. The lowest BCUT2D eigenvalue weighted by molar-refractivity contribution is -0.124. The number of ether oxygens (including phenoxy) is 2. The number of nitrogens with zero attached hydrogens (tertiary/aromatic N) is 3. The molecule has 0 spiro atoms. The molecule has 5 rings (SSSR count). The molecular weight excluding hydrogens is 438 g/mol. The zero-order chi connectivity index (χ0) is 22.9. The number of para-hydroxylation sites is 1. The molecule has 2 aromatic carbocycles. The second-order valence-corrected chi connectivity index (χ2v) is 9.64. The molecule has 2 saturated heterocycles. The van der Waals surface area contributed by atoms with E-state index in [4.69, 9.17) is 14.5 Å². The minimum atomic E-state index is -0.448. The van der Waals surface area contributed by atoms with E-state index in [0.717, 1.165) is 35.2 Å². The van der Waals surface area contributed by atoms with Gasteiger partial charge < -0.3 is 14.4 Å². The van der Waals surface area contributed by atoms with Crippen molar-refractivity contribution in [1.82, 2.24) is 4.98 Å². The van der Waals surface area contributed by atoms with Gasteiger partial charge >= 0.3 is 0 Å². The highest BCUT2D eigenvalue weighted by atomic mass is 32.1. The molecule has 2 fully saturated rings. The van der Waals surface area contributed by atoms with Gasteiger partial charge in [-0.05, 0) is 49.6 Å². The number of hydrogen-bond acceptors (Lipinski definition) is 6. The number of aromatic nitrogens is 1. The molecule has 0 radical (unpaired) electrons. The van der Waals surface area contributed by atoms with E-state index in [1.807, 2.05) is 49.4 Å². The Bertz CT molecular complexity index is 1150. The molecule has 0 aliphatic carbocycles. The van der Waals surface area contributed by atoms with Crippen LogP contribution in [-0.2, 0) is 14.3 Å². The van der Waals surface area contributed by atoms with Crippen molar-refractivity contribution >= 4 is 44.2 Å². The Kier molecular flexibility index (Phi) is 6.03. The number of hydrogen-bond donors (Lipinski definition) is 0. The van der Waals surface area contributed by atoms with Gasteiger partial charge in [-0.1, -0.05) is 29.5 Å². The predicted molar refractivity (Wildman–Crippen MR) is 129 cm³/mol. The molecule has 2 aliphatic rings. The molecule has 33 heavy (non-hydrogen) atoms. The van der Waals surface area contributed by atoms with E-state index in [0.29, 0.717) is 29.7 Å². The van der Waals surface area contributed by atoms with Crippen molar-refractivity contribution in [1.29, 1.82) is 0 Å². The Labute approximate surface area is 196 Å². The summed E-state index contributed by atoms with van der Waals surface area (Å²) in [5, 5.41) is 0.663. The van der Waals surface area contributed by atoms with Crippen molar-refractivity contribution in [2.45, 2.75) is 32.3 Å². The monoisotopic (exact) mass is 465 g/mol. The van der Waals surface area contributed by atoms with Gasteiger partial charge in [0.05, 0.1) is 41.6 Å². The van der Waals surface area contributed by atoms with Crippen molar-refractivity contribution in [2.75, 3.05) is 36.6 Å². The quantitative estimate of drug-likeness (QED) is 0.546. The summed E-state index contributed by atoms with van der Waals surface area (Å²) in [6, 6.07) is 13.6. The standard InChI is InChI=1S/C25H27N3O4S/c1-16-9-10-21(31-2)20(12-16)27-14-17(13-23(27)29)24(30)28(15-18-6-5-11-32-18)25-26-19-7-3-4-8-22(19)33-25/h3-4,7-10,12,17-18H,5-6,11,13-15H2,1-2H3/t17-,18-/m0/s1. The molecule has 3 aromatic rings. The molecule has 0 N–H and O–H groups in total. The first-order valence-electron chi connectivity index (χ1n) is 11.3. The van der Waals surface area contributed by atoms with E-state index in [-0.39, 0.29) is 24.3 Å². The van der Waals surface area contributed by atoms with E-state index in [9.17, 15) is 9.59 Å². The number of thiazole rings is 1. The number of amides is 2. The zero-order valence-corrected chi connectivity index (χ0v) is 19.6. The smallest absolute Gasteiger partial charge is 0.234 e. The molecule has 1 aromatic heterocycles. The molecule has 7 nitrogen and oxygen atoms in total. The van der Waals surface area contributed by atoms with Crippen molar-refractivity contribution in [2.24, 2.45) is 5.92 Å². The number of carbonyl (C=O) groups is 2. The number of anilines is 2. The second kappa shape index (κ2) is 9.11. The first kappa shape index (κ1) is 21.9. The Hall–Kier alpha value is -2.97. The normalized spacial score (nSPS) is 20.5. The molecule has 0 bridgehead atoms. The summed E-state index contributed by atoms with van der Waals surface area (Å²) in [4.78, 5) is 34.9. The molecule has 0 saturated carbocycles. The van der Waals surface area contributed by atoms with E-state index in [1.165, 1.54) is 11.3 Å². The summed E-state index contributed by atoms with van der Waals surface area (Å²) in [5.41, 5.74) is 2.61. The number of benzene rings is 2. The molecular formula is C25H27N3O4S. The number of carbonyl (C=O) groups excluding carboxylic acids is 2. The van der Waals surface area contributed by atoms with E-state index >= 15 is 0 Å². The van der Waals surface area contributed by atoms with Gasteiger partial charge in [0.1, 0.15) is 5.75 Å². The van der Waals surface area contributed by atoms with Crippen molar-refractivity contribution in [3.05, 3.63) is 48.0 Å². The predicted octanol–water partition coefficient (Wildman–Crippen LogP) is 4.18. The number of aryl methyl sites for hydroxylation is 1. The van der Waals surface area contributed by atoms with Crippen LogP contribution in [0.3, 0.4) is 0 Å². The van der Waals surface area contributed by atoms with Crippen molar-refractivity contribution in [3.63, 3.8) is 0 Å². The molecule has 2 aliphatic heterocycles. The number of rotatable bonds is 6. The Morgan fingerprint density at radius 3 is 2.91 bits per heavy atom. The van der Waals surface area contributed by atoms with Crippen LogP contribution in [-0.4, -0.2) is 49.7 Å². The van der Waals surface area contributed by atoms with E-state index in [2.05, 4.69) is 0 Å². The number of methoxy groups -OCH3 is 1. The summed E-state index contributed by atoms with van der Waals surface area (Å²) >= 11 is 1.50. The lowest BCUT2D eigenvalue weighted by atomic mass is 10.1. The minimum Gasteiger partial charge on any atom is -0.495 e. The Balaban J connectivity index is 1.43. The fourth-order valence-corrected chi connectivity index (χ4v) is 5.55. The maximum atomic E-state index is 13.8. The Morgan fingerprint density at radius 1 is 1.30 bits per heavy atom. The molecule has 172 valence electrons. The zero-order valence-electron chi connectivity index (χ0n) is 18.8. The summed E-state index contributed by atoms with van der Waals surface area (Å²) < 4.78 is 12.4. The maximum Gasteiger partial charge on any atom is 0.234 e. The van der Waals surface area contributed by atoms with Crippen LogP contribution >= 0.6 is 11.3 Å². The highest BCUT2D eigenvalue weighted by Crippen LogP contribution is 2.36. The van der Waals surface area contributed by atoms with E-state index in [1.54, 1.807) is 16.9 Å². The van der Waals surface area contributed by atoms with Crippen LogP contribution in [0.25, 0.3) is 10.2 Å².